The average molecular weight is 646 g/mol. The molecule has 0 aromatic heterocycles. The monoisotopic (exact) mass is 645 g/mol. The fraction of sp³-hybridized carbons (Fsp3) is 0.316. The van der Waals surface area contributed by atoms with Gasteiger partial charge in [-0.1, -0.05) is 56.3 Å². The number of carboxylic acids is 1. The number of carbonyl (C=O) groups is 2. The largest absolute Gasteiger partial charge is 0.491 e. The third-order valence-electron chi connectivity index (χ3n) is 8.59. The van der Waals surface area contributed by atoms with E-state index in [-0.39, 0.29) is 29.5 Å². The molecule has 5 rings (SSSR count). The lowest BCUT2D eigenvalue weighted by molar-refractivity contribution is -0.145. The van der Waals surface area contributed by atoms with Gasteiger partial charge in [0.25, 0.3) is 0 Å². The molecule has 47 heavy (non-hydrogen) atoms. The van der Waals surface area contributed by atoms with Gasteiger partial charge in [-0.3, -0.25) is 4.79 Å². The number of aliphatic carboxylic acids is 1. The molecule has 0 saturated carbocycles. The molecule has 2 atom stereocenters. The Morgan fingerprint density at radius 2 is 1.51 bits per heavy atom. The lowest BCUT2D eigenvalue weighted by Gasteiger charge is -2.41. The number of carbonyl (C=O) groups excluding carboxylic acids is 1. The number of ether oxygens (including phenoxy) is 2. The highest BCUT2D eigenvalue weighted by Gasteiger charge is 2.32. The molecule has 0 radical (unpaired) electrons. The standard InChI is InChI=1S/C38H38F3NO5/c1-25(19-21-42-22-20-37(2,3)32-24-28(11-18-33(32)42)35(43)27-7-5-4-6-8-27)46-30-14-9-26(10-15-30)23-34(36(44)45)47-31-16-12-29(13-17-31)38(39,40)41/h4-18,24-25,34H,19-23H2,1-3H3,(H,44,45). The summed E-state index contributed by atoms with van der Waals surface area (Å²) in [5.41, 5.74) is 3.44. The Morgan fingerprint density at radius 3 is 2.15 bits per heavy atom. The number of ketones is 1. The van der Waals surface area contributed by atoms with Gasteiger partial charge in [0.1, 0.15) is 11.5 Å². The van der Waals surface area contributed by atoms with Crippen LogP contribution in [-0.2, 0) is 22.8 Å². The van der Waals surface area contributed by atoms with Gasteiger partial charge in [0.2, 0.25) is 0 Å². The molecular weight excluding hydrogens is 607 g/mol. The van der Waals surface area contributed by atoms with Crippen LogP contribution in [0.3, 0.4) is 0 Å². The molecule has 246 valence electrons. The van der Waals surface area contributed by atoms with Gasteiger partial charge < -0.3 is 19.5 Å². The van der Waals surface area contributed by atoms with Gasteiger partial charge in [-0.25, -0.2) is 4.79 Å². The molecule has 0 spiro atoms. The lowest BCUT2D eigenvalue weighted by Crippen LogP contribution is -2.39. The van der Waals surface area contributed by atoms with Gasteiger partial charge in [0, 0.05) is 42.7 Å². The van der Waals surface area contributed by atoms with E-state index >= 15 is 0 Å². The Kier molecular flexibility index (Phi) is 9.94. The highest BCUT2D eigenvalue weighted by Crippen LogP contribution is 2.40. The summed E-state index contributed by atoms with van der Waals surface area (Å²) in [5, 5.41) is 9.65. The molecule has 2 unspecified atom stereocenters. The van der Waals surface area contributed by atoms with Crippen LogP contribution in [0.2, 0.25) is 0 Å². The SMILES string of the molecule is CC(CCN1CCC(C)(C)c2cc(C(=O)c3ccccc3)ccc21)Oc1ccc(CC(Oc2ccc(C(F)(F)F)cc2)C(=O)O)cc1. The zero-order valence-electron chi connectivity index (χ0n) is 26.6. The number of halogens is 3. The van der Waals surface area contributed by atoms with Crippen molar-refractivity contribution in [1.29, 1.82) is 0 Å². The second-order valence-electron chi connectivity index (χ2n) is 12.6. The van der Waals surface area contributed by atoms with Crippen LogP contribution in [0, 0.1) is 0 Å². The zero-order valence-corrected chi connectivity index (χ0v) is 26.6. The third-order valence-corrected chi connectivity index (χ3v) is 8.59. The van der Waals surface area contributed by atoms with Crippen LogP contribution < -0.4 is 14.4 Å². The summed E-state index contributed by atoms with van der Waals surface area (Å²) < 4.78 is 50.2. The second-order valence-corrected chi connectivity index (χ2v) is 12.6. The number of hydrogen-bond acceptors (Lipinski definition) is 5. The van der Waals surface area contributed by atoms with Crippen molar-refractivity contribution in [2.24, 2.45) is 0 Å². The molecule has 4 aromatic rings. The molecule has 1 heterocycles. The van der Waals surface area contributed by atoms with Gasteiger partial charge in [-0.15, -0.1) is 0 Å². The molecule has 9 heteroatoms. The van der Waals surface area contributed by atoms with Crippen LogP contribution in [-0.4, -0.2) is 42.2 Å². The van der Waals surface area contributed by atoms with E-state index in [0.717, 1.165) is 61.4 Å². The van der Waals surface area contributed by atoms with Crippen molar-refractivity contribution in [3.05, 3.63) is 125 Å². The summed E-state index contributed by atoms with van der Waals surface area (Å²) in [4.78, 5) is 27.3. The molecule has 0 saturated heterocycles. The van der Waals surface area contributed by atoms with Gasteiger partial charge >= 0.3 is 12.1 Å². The fourth-order valence-corrected chi connectivity index (χ4v) is 5.77. The number of benzene rings is 4. The minimum absolute atomic E-state index is 0.0134. The van der Waals surface area contributed by atoms with Crippen LogP contribution >= 0.6 is 0 Å². The average Bonchev–Trinajstić information content (AvgIpc) is 3.04. The van der Waals surface area contributed by atoms with E-state index in [2.05, 4.69) is 24.8 Å². The maximum absolute atomic E-state index is 13.1. The Labute approximate surface area is 272 Å². The smallest absolute Gasteiger partial charge is 0.416 e. The Hall–Kier alpha value is -4.79. The fourth-order valence-electron chi connectivity index (χ4n) is 5.77. The number of alkyl halides is 3. The van der Waals surface area contributed by atoms with E-state index in [0.29, 0.717) is 22.4 Å². The highest BCUT2D eigenvalue weighted by atomic mass is 19.4. The molecule has 0 bridgehead atoms. The van der Waals surface area contributed by atoms with Crippen LogP contribution in [0.15, 0.2) is 97.1 Å². The number of fused-ring (bicyclic) bond motifs is 1. The van der Waals surface area contributed by atoms with Crippen molar-refractivity contribution in [1.82, 2.24) is 0 Å². The van der Waals surface area contributed by atoms with E-state index in [4.69, 9.17) is 9.47 Å². The topological polar surface area (TPSA) is 76.1 Å². The van der Waals surface area contributed by atoms with Gasteiger partial charge in [-0.2, -0.15) is 13.2 Å². The number of carboxylic acid groups (broad SMARTS) is 1. The first-order chi connectivity index (χ1) is 22.3. The molecule has 0 aliphatic carbocycles. The Balaban J connectivity index is 1.17. The highest BCUT2D eigenvalue weighted by molar-refractivity contribution is 6.09. The van der Waals surface area contributed by atoms with Crippen molar-refractivity contribution >= 4 is 17.4 Å². The zero-order chi connectivity index (χ0) is 33.8. The van der Waals surface area contributed by atoms with Crippen molar-refractivity contribution in [3.63, 3.8) is 0 Å². The van der Waals surface area contributed by atoms with Crippen molar-refractivity contribution < 1.29 is 37.3 Å². The molecule has 1 aliphatic rings. The van der Waals surface area contributed by atoms with Crippen molar-refractivity contribution in [2.75, 3.05) is 18.0 Å². The summed E-state index contributed by atoms with van der Waals surface area (Å²) >= 11 is 0. The van der Waals surface area contributed by atoms with Gasteiger partial charge in [-0.05, 0) is 84.5 Å². The van der Waals surface area contributed by atoms with E-state index in [9.17, 15) is 27.9 Å². The van der Waals surface area contributed by atoms with Crippen LogP contribution in [0.1, 0.15) is 66.2 Å². The molecule has 1 N–H and O–H groups in total. The minimum Gasteiger partial charge on any atom is -0.491 e. The van der Waals surface area contributed by atoms with Gasteiger partial charge in [0.15, 0.2) is 11.9 Å². The van der Waals surface area contributed by atoms with E-state index < -0.39 is 23.8 Å². The maximum atomic E-state index is 13.1. The number of hydrogen-bond donors (Lipinski definition) is 1. The first-order valence-electron chi connectivity index (χ1n) is 15.6. The summed E-state index contributed by atoms with van der Waals surface area (Å²) in [7, 11) is 0. The predicted octanol–water partition coefficient (Wildman–Crippen LogP) is 8.36. The van der Waals surface area contributed by atoms with E-state index in [1.165, 1.54) is 0 Å². The molecular formula is C38H38F3NO5. The summed E-state index contributed by atoms with van der Waals surface area (Å²) in [6, 6.07) is 26.3. The maximum Gasteiger partial charge on any atom is 0.416 e. The Bertz CT molecular complexity index is 1690. The number of nitrogens with zero attached hydrogens (tertiary/aromatic N) is 1. The first kappa shape index (κ1) is 33.6. The minimum atomic E-state index is -4.49. The van der Waals surface area contributed by atoms with Crippen LogP contribution in [0.25, 0.3) is 0 Å². The molecule has 0 amide bonds. The number of rotatable bonds is 12. The van der Waals surface area contributed by atoms with E-state index in [1.807, 2.05) is 49.4 Å². The normalized spacial score (nSPS) is 15.3. The predicted molar refractivity (Wildman–Crippen MR) is 175 cm³/mol. The van der Waals surface area contributed by atoms with Crippen molar-refractivity contribution in [2.45, 2.75) is 63.8 Å². The summed E-state index contributed by atoms with van der Waals surface area (Å²) in [5.74, 6) is -0.527. The summed E-state index contributed by atoms with van der Waals surface area (Å²) in [6.07, 6.45) is -4.13. The molecule has 0 fully saturated rings. The summed E-state index contributed by atoms with van der Waals surface area (Å²) in [6.45, 7) is 8.11. The van der Waals surface area contributed by atoms with Crippen LogP contribution in [0.5, 0.6) is 11.5 Å². The van der Waals surface area contributed by atoms with Crippen molar-refractivity contribution in [3.8, 4) is 11.5 Å². The third kappa shape index (κ3) is 8.33. The second kappa shape index (κ2) is 13.9. The number of anilines is 1. The quantitative estimate of drug-likeness (QED) is 0.156. The van der Waals surface area contributed by atoms with Crippen LogP contribution in [0.4, 0.5) is 18.9 Å². The molecule has 4 aromatic carbocycles. The first-order valence-corrected chi connectivity index (χ1v) is 15.6. The molecule has 1 aliphatic heterocycles. The molecule has 6 nitrogen and oxygen atoms in total. The van der Waals surface area contributed by atoms with Gasteiger partial charge in [0.05, 0.1) is 11.7 Å². The van der Waals surface area contributed by atoms with E-state index in [1.54, 1.807) is 24.3 Å². The lowest BCUT2D eigenvalue weighted by atomic mass is 9.76. The Morgan fingerprint density at radius 1 is 0.872 bits per heavy atom.